The monoisotopic (exact) mass is 384 g/mol. The fraction of sp³-hybridized carbons (Fsp3) is 0.846. The number of halogens is 1. The number of nitrogens with two attached hydrogens (primary N) is 1. The van der Waals surface area contributed by atoms with Crippen LogP contribution in [0.4, 0.5) is 0 Å². The lowest BCUT2D eigenvalue weighted by Crippen LogP contribution is -2.39. The van der Waals surface area contributed by atoms with Gasteiger partial charge in [-0.15, -0.1) is 24.0 Å². The zero-order chi connectivity index (χ0) is 13.8. The third-order valence-corrected chi connectivity index (χ3v) is 2.55. The van der Waals surface area contributed by atoms with Gasteiger partial charge < -0.3 is 16.4 Å². The normalized spacial score (nSPS) is 11.1. The molecule has 5 nitrogen and oxygen atoms in total. The molecule has 1 amide bonds. The lowest BCUT2D eigenvalue weighted by molar-refractivity contribution is -0.123. The predicted octanol–water partition coefficient (Wildman–Crippen LogP) is 1.86. The van der Waals surface area contributed by atoms with Gasteiger partial charge in [0.15, 0.2) is 5.96 Å². The van der Waals surface area contributed by atoms with Crippen molar-refractivity contribution in [3.05, 3.63) is 0 Å². The number of hydrogen-bond acceptors (Lipinski definition) is 2. The van der Waals surface area contributed by atoms with Crippen LogP contribution >= 0.6 is 24.0 Å². The number of aliphatic imine (C=N–C) groups is 1. The van der Waals surface area contributed by atoms with Crippen molar-refractivity contribution in [3.8, 4) is 0 Å². The maximum absolute atomic E-state index is 11.3. The summed E-state index contributed by atoms with van der Waals surface area (Å²) in [6.07, 6.45) is 4.77. The molecule has 0 aromatic heterocycles. The number of carbonyl (C=O) groups is 1. The van der Waals surface area contributed by atoms with Gasteiger partial charge in [-0.3, -0.25) is 9.79 Å². The predicted molar refractivity (Wildman–Crippen MR) is 91.9 cm³/mol. The van der Waals surface area contributed by atoms with Crippen LogP contribution in [-0.2, 0) is 4.79 Å². The molecule has 0 saturated carbocycles. The quantitative estimate of drug-likeness (QED) is 0.246. The maximum atomic E-state index is 11.3. The standard InChI is InChI=1S/C13H28N4O.HI/c1-4-5-6-7-8-16-13(14)17-10-9-15-12(18)11(2)3;/h11H,4-10H2,1-3H3,(H,15,18)(H3,14,16,17);1H. The molecule has 0 aromatic carbocycles. The van der Waals surface area contributed by atoms with E-state index < -0.39 is 0 Å². The Morgan fingerprint density at radius 2 is 1.79 bits per heavy atom. The maximum Gasteiger partial charge on any atom is 0.222 e. The Bertz CT molecular complexity index is 257. The molecule has 0 heterocycles. The first-order valence-electron chi connectivity index (χ1n) is 6.89. The van der Waals surface area contributed by atoms with E-state index in [2.05, 4.69) is 22.5 Å². The van der Waals surface area contributed by atoms with Crippen molar-refractivity contribution >= 4 is 35.8 Å². The highest BCUT2D eigenvalue weighted by Crippen LogP contribution is 1.98. The number of hydrogen-bond donors (Lipinski definition) is 3. The summed E-state index contributed by atoms with van der Waals surface area (Å²) < 4.78 is 0. The van der Waals surface area contributed by atoms with Gasteiger partial charge in [-0.1, -0.05) is 40.0 Å². The van der Waals surface area contributed by atoms with Crippen molar-refractivity contribution in [1.29, 1.82) is 0 Å². The molecule has 6 heteroatoms. The summed E-state index contributed by atoms with van der Waals surface area (Å²) in [6.45, 7) is 7.89. The Balaban J connectivity index is 0. The van der Waals surface area contributed by atoms with Crippen molar-refractivity contribution in [3.63, 3.8) is 0 Å². The second-order valence-corrected chi connectivity index (χ2v) is 4.70. The highest BCUT2D eigenvalue weighted by Gasteiger charge is 2.04. The van der Waals surface area contributed by atoms with Crippen LogP contribution < -0.4 is 16.4 Å². The molecule has 0 atom stereocenters. The minimum absolute atomic E-state index is 0. The van der Waals surface area contributed by atoms with Gasteiger partial charge >= 0.3 is 0 Å². The Morgan fingerprint density at radius 1 is 1.16 bits per heavy atom. The van der Waals surface area contributed by atoms with Crippen molar-refractivity contribution in [2.45, 2.75) is 46.5 Å². The van der Waals surface area contributed by atoms with Crippen molar-refractivity contribution in [2.24, 2.45) is 16.6 Å². The first-order valence-corrected chi connectivity index (χ1v) is 6.89. The molecule has 4 N–H and O–H groups in total. The van der Waals surface area contributed by atoms with Gasteiger partial charge in [-0.05, 0) is 6.42 Å². The first kappa shape index (κ1) is 20.8. The molecule has 0 fully saturated rings. The molecular weight excluding hydrogens is 355 g/mol. The minimum atomic E-state index is 0. The molecule has 19 heavy (non-hydrogen) atoms. The average molecular weight is 384 g/mol. The lowest BCUT2D eigenvalue weighted by atomic mass is 10.2. The van der Waals surface area contributed by atoms with Crippen LogP contribution in [0.25, 0.3) is 0 Å². The van der Waals surface area contributed by atoms with Crippen molar-refractivity contribution in [1.82, 2.24) is 10.6 Å². The van der Waals surface area contributed by atoms with Crippen LogP contribution in [0.5, 0.6) is 0 Å². The second-order valence-electron chi connectivity index (χ2n) is 4.70. The zero-order valence-corrected chi connectivity index (χ0v) is 14.7. The van der Waals surface area contributed by atoms with E-state index in [-0.39, 0.29) is 35.8 Å². The van der Waals surface area contributed by atoms with E-state index in [4.69, 9.17) is 5.73 Å². The molecule has 0 unspecified atom stereocenters. The Hall–Kier alpha value is -0.530. The fourth-order valence-electron chi connectivity index (χ4n) is 1.37. The number of rotatable bonds is 9. The Kier molecular flexibility index (Phi) is 15.2. The molecule has 0 rings (SSSR count). The third kappa shape index (κ3) is 13.7. The summed E-state index contributed by atoms with van der Waals surface area (Å²) in [6, 6.07) is 0. The molecule has 0 radical (unpaired) electrons. The van der Waals surface area contributed by atoms with E-state index in [1.54, 1.807) is 0 Å². The van der Waals surface area contributed by atoms with E-state index in [1.165, 1.54) is 19.3 Å². The largest absolute Gasteiger partial charge is 0.370 e. The molecule has 0 aliphatic carbocycles. The average Bonchev–Trinajstić information content (AvgIpc) is 2.34. The third-order valence-electron chi connectivity index (χ3n) is 2.55. The van der Waals surface area contributed by atoms with Gasteiger partial charge in [-0.2, -0.15) is 0 Å². The van der Waals surface area contributed by atoms with Crippen molar-refractivity contribution in [2.75, 3.05) is 19.6 Å². The first-order chi connectivity index (χ1) is 8.57. The fourth-order valence-corrected chi connectivity index (χ4v) is 1.37. The van der Waals surface area contributed by atoms with E-state index in [0.29, 0.717) is 19.0 Å². The number of nitrogens with zero attached hydrogens (tertiary/aromatic N) is 1. The lowest BCUT2D eigenvalue weighted by Gasteiger charge is -2.09. The van der Waals surface area contributed by atoms with Crippen LogP contribution in [0.3, 0.4) is 0 Å². The number of unbranched alkanes of at least 4 members (excludes halogenated alkanes) is 3. The summed E-state index contributed by atoms with van der Waals surface area (Å²) in [5.74, 6) is 0.548. The van der Waals surface area contributed by atoms with Gasteiger partial charge in [0, 0.05) is 25.6 Å². The molecule has 0 aliphatic heterocycles. The molecule has 0 saturated heterocycles. The van der Waals surface area contributed by atoms with E-state index in [9.17, 15) is 4.79 Å². The van der Waals surface area contributed by atoms with Crippen molar-refractivity contribution < 1.29 is 4.79 Å². The summed E-state index contributed by atoms with van der Waals surface area (Å²) in [4.78, 5) is 15.5. The summed E-state index contributed by atoms with van der Waals surface area (Å²) in [5, 5.41) is 5.79. The van der Waals surface area contributed by atoms with Crippen LogP contribution in [-0.4, -0.2) is 31.5 Å². The van der Waals surface area contributed by atoms with Gasteiger partial charge in [0.25, 0.3) is 0 Å². The summed E-state index contributed by atoms with van der Waals surface area (Å²) in [5.41, 5.74) is 5.69. The Morgan fingerprint density at radius 3 is 2.37 bits per heavy atom. The van der Waals surface area contributed by atoms with Crippen LogP contribution in [0.2, 0.25) is 0 Å². The van der Waals surface area contributed by atoms with Crippen LogP contribution in [0, 0.1) is 5.92 Å². The molecule has 0 aliphatic rings. The molecular formula is C13H29IN4O. The van der Waals surface area contributed by atoms with Gasteiger partial charge in [0.05, 0.1) is 0 Å². The van der Waals surface area contributed by atoms with E-state index in [0.717, 1.165) is 13.0 Å². The zero-order valence-electron chi connectivity index (χ0n) is 12.4. The number of carbonyl (C=O) groups excluding carboxylic acids is 1. The highest BCUT2D eigenvalue weighted by atomic mass is 127. The summed E-state index contributed by atoms with van der Waals surface area (Å²) >= 11 is 0. The van der Waals surface area contributed by atoms with Crippen LogP contribution in [0.1, 0.15) is 46.5 Å². The second kappa shape index (κ2) is 13.9. The Labute approximate surface area is 134 Å². The molecule has 0 spiro atoms. The van der Waals surface area contributed by atoms with E-state index >= 15 is 0 Å². The number of nitrogens with one attached hydrogen (secondary N) is 2. The van der Waals surface area contributed by atoms with E-state index in [1.807, 2.05) is 13.8 Å². The van der Waals surface area contributed by atoms with Gasteiger partial charge in [-0.25, -0.2) is 0 Å². The molecule has 0 bridgehead atoms. The minimum Gasteiger partial charge on any atom is -0.370 e. The highest BCUT2D eigenvalue weighted by molar-refractivity contribution is 14.0. The topological polar surface area (TPSA) is 79.5 Å². The SMILES string of the molecule is CCCCCCN=C(N)NCCNC(=O)C(C)C.I. The summed E-state index contributed by atoms with van der Waals surface area (Å²) in [7, 11) is 0. The molecule has 0 aromatic rings. The van der Waals surface area contributed by atoms with Gasteiger partial charge in [0.1, 0.15) is 0 Å². The number of amides is 1. The van der Waals surface area contributed by atoms with Crippen LogP contribution in [0.15, 0.2) is 4.99 Å². The number of guanidine groups is 1. The smallest absolute Gasteiger partial charge is 0.222 e. The van der Waals surface area contributed by atoms with Gasteiger partial charge in [0.2, 0.25) is 5.91 Å². The molecule has 114 valence electrons.